The van der Waals surface area contributed by atoms with Gasteiger partial charge in [-0.2, -0.15) is 5.26 Å². The highest BCUT2D eigenvalue weighted by Gasteiger charge is 2.03. The molecule has 2 aromatic rings. The molecule has 0 saturated heterocycles. The number of hydrogen-bond donors (Lipinski definition) is 2. The molecule has 2 aromatic carbocycles. The molecule has 0 saturated carbocycles. The molecular formula is C13H10FN3. The van der Waals surface area contributed by atoms with Crippen LogP contribution in [0.2, 0.25) is 0 Å². The molecule has 0 atom stereocenters. The average molecular weight is 227 g/mol. The minimum absolute atomic E-state index is 0.292. The molecule has 0 radical (unpaired) electrons. The summed E-state index contributed by atoms with van der Waals surface area (Å²) in [5.41, 5.74) is 7.53. The highest BCUT2D eigenvalue weighted by molar-refractivity contribution is 5.64. The van der Waals surface area contributed by atoms with Gasteiger partial charge in [-0.1, -0.05) is 6.07 Å². The SMILES string of the molecule is N#Cc1ccc(Nc2cccc(N)c2)c(F)c1. The first kappa shape index (κ1) is 11.0. The molecule has 0 spiro atoms. The highest BCUT2D eigenvalue weighted by Crippen LogP contribution is 2.22. The Morgan fingerprint density at radius 3 is 2.65 bits per heavy atom. The van der Waals surface area contributed by atoms with Gasteiger partial charge in [0, 0.05) is 11.4 Å². The van der Waals surface area contributed by atoms with Crippen LogP contribution in [0.5, 0.6) is 0 Å². The van der Waals surface area contributed by atoms with Gasteiger partial charge in [0.25, 0.3) is 0 Å². The van der Waals surface area contributed by atoms with Crippen LogP contribution in [0.15, 0.2) is 42.5 Å². The minimum Gasteiger partial charge on any atom is -0.399 e. The van der Waals surface area contributed by atoms with Crippen LogP contribution in [0.4, 0.5) is 21.5 Å². The second-order valence-electron chi connectivity index (χ2n) is 3.56. The Morgan fingerprint density at radius 2 is 2.00 bits per heavy atom. The van der Waals surface area contributed by atoms with Crippen LogP contribution in [0.25, 0.3) is 0 Å². The van der Waals surface area contributed by atoms with Crippen molar-refractivity contribution >= 4 is 17.1 Å². The zero-order valence-electron chi connectivity index (χ0n) is 8.94. The molecule has 0 heterocycles. The molecule has 0 unspecified atom stereocenters. The van der Waals surface area contributed by atoms with Crippen molar-refractivity contribution < 1.29 is 4.39 Å². The number of nitriles is 1. The molecule has 0 aromatic heterocycles. The fourth-order valence-corrected chi connectivity index (χ4v) is 1.46. The number of hydrogen-bond acceptors (Lipinski definition) is 3. The van der Waals surface area contributed by atoms with Crippen molar-refractivity contribution in [2.24, 2.45) is 0 Å². The van der Waals surface area contributed by atoms with Gasteiger partial charge in [0.15, 0.2) is 0 Å². The molecule has 84 valence electrons. The van der Waals surface area contributed by atoms with E-state index in [2.05, 4.69) is 5.32 Å². The van der Waals surface area contributed by atoms with Crippen molar-refractivity contribution in [3.63, 3.8) is 0 Å². The molecule has 0 aliphatic carbocycles. The molecule has 0 bridgehead atoms. The normalized spacial score (nSPS) is 9.65. The molecule has 17 heavy (non-hydrogen) atoms. The van der Waals surface area contributed by atoms with Gasteiger partial charge in [0.2, 0.25) is 0 Å². The van der Waals surface area contributed by atoms with Crippen LogP contribution in [0, 0.1) is 17.1 Å². The van der Waals surface area contributed by atoms with E-state index < -0.39 is 5.82 Å². The monoisotopic (exact) mass is 227 g/mol. The molecule has 0 aliphatic rings. The number of halogens is 1. The topological polar surface area (TPSA) is 61.8 Å². The molecule has 0 amide bonds. The van der Waals surface area contributed by atoms with E-state index in [1.807, 2.05) is 6.07 Å². The summed E-state index contributed by atoms with van der Waals surface area (Å²) in [5.74, 6) is -0.466. The standard InChI is InChI=1S/C13H10FN3/c14-12-6-9(8-15)4-5-13(12)17-11-3-1-2-10(16)7-11/h1-7,17H,16H2. The van der Waals surface area contributed by atoms with E-state index in [0.717, 1.165) is 0 Å². The predicted molar refractivity (Wildman–Crippen MR) is 65.3 cm³/mol. The van der Waals surface area contributed by atoms with E-state index in [1.165, 1.54) is 12.1 Å². The third kappa shape index (κ3) is 2.52. The lowest BCUT2D eigenvalue weighted by Crippen LogP contribution is -1.95. The molecule has 0 fully saturated rings. The van der Waals surface area contributed by atoms with Gasteiger partial charge >= 0.3 is 0 Å². The lowest BCUT2D eigenvalue weighted by Gasteiger charge is -2.08. The number of anilines is 3. The number of nitrogens with two attached hydrogens (primary N) is 1. The lowest BCUT2D eigenvalue weighted by molar-refractivity contribution is 0.631. The number of rotatable bonds is 2. The van der Waals surface area contributed by atoms with Crippen LogP contribution in [0.1, 0.15) is 5.56 Å². The van der Waals surface area contributed by atoms with Gasteiger partial charge in [-0.15, -0.1) is 0 Å². The van der Waals surface area contributed by atoms with Gasteiger partial charge in [-0.25, -0.2) is 4.39 Å². The molecule has 4 heteroatoms. The van der Waals surface area contributed by atoms with Crippen molar-refractivity contribution in [1.29, 1.82) is 5.26 Å². The first-order valence-corrected chi connectivity index (χ1v) is 5.01. The number of nitrogens with one attached hydrogen (secondary N) is 1. The van der Waals surface area contributed by atoms with Crippen LogP contribution >= 0.6 is 0 Å². The van der Waals surface area contributed by atoms with Crippen molar-refractivity contribution in [3.8, 4) is 6.07 Å². The summed E-state index contributed by atoms with van der Waals surface area (Å²) in [6.45, 7) is 0. The first-order chi connectivity index (χ1) is 8.19. The molecule has 3 N–H and O–H groups in total. The average Bonchev–Trinajstić information content (AvgIpc) is 2.32. The van der Waals surface area contributed by atoms with Gasteiger partial charge in [-0.05, 0) is 36.4 Å². The highest BCUT2D eigenvalue weighted by atomic mass is 19.1. The largest absolute Gasteiger partial charge is 0.399 e. The van der Waals surface area contributed by atoms with Gasteiger partial charge in [0.1, 0.15) is 5.82 Å². The Morgan fingerprint density at radius 1 is 1.18 bits per heavy atom. The van der Waals surface area contributed by atoms with Crippen molar-refractivity contribution in [1.82, 2.24) is 0 Å². The number of nitrogen functional groups attached to an aromatic ring is 1. The molecular weight excluding hydrogens is 217 g/mol. The van der Waals surface area contributed by atoms with Gasteiger partial charge in [-0.3, -0.25) is 0 Å². The Labute approximate surface area is 98.3 Å². The van der Waals surface area contributed by atoms with Crippen LogP contribution < -0.4 is 11.1 Å². The van der Waals surface area contributed by atoms with Crippen LogP contribution in [-0.2, 0) is 0 Å². The summed E-state index contributed by atoms with van der Waals surface area (Å²) < 4.78 is 13.6. The zero-order valence-corrected chi connectivity index (χ0v) is 8.94. The fourth-order valence-electron chi connectivity index (χ4n) is 1.46. The third-order valence-electron chi connectivity index (χ3n) is 2.26. The number of nitrogens with zero attached hydrogens (tertiary/aromatic N) is 1. The number of benzene rings is 2. The van der Waals surface area contributed by atoms with Crippen molar-refractivity contribution in [3.05, 3.63) is 53.8 Å². The Kier molecular flexibility index (Phi) is 2.93. The second kappa shape index (κ2) is 4.54. The van der Waals surface area contributed by atoms with Crippen molar-refractivity contribution in [2.75, 3.05) is 11.1 Å². The maximum atomic E-state index is 13.6. The van der Waals surface area contributed by atoms with E-state index in [4.69, 9.17) is 11.0 Å². The second-order valence-corrected chi connectivity index (χ2v) is 3.56. The van der Waals surface area contributed by atoms with Gasteiger partial charge < -0.3 is 11.1 Å². The molecule has 2 rings (SSSR count). The summed E-state index contributed by atoms with van der Waals surface area (Å²) in [7, 11) is 0. The maximum absolute atomic E-state index is 13.6. The summed E-state index contributed by atoms with van der Waals surface area (Å²) in [6, 6.07) is 13.2. The quantitative estimate of drug-likeness (QED) is 0.775. The van der Waals surface area contributed by atoms with Gasteiger partial charge in [0.05, 0.1) is 17.3 Å². The van der Waals surface area contributed by atoms with Crippen LogP contribution in [-0.4, -0.2) is 0 Å². The predicted octanol–water partition coefficient (Wildman–Crippen LogP) is 3.02. The first-order valence-electron chi connectivity index (χ1n) is 5.01. The molecule has 3 nitrogen and oxygen atoms in total. The smallest absolute Gasteiger partial charge is 0.147 e. The maximum Gasteiger partial charge on any atom is 0.147 e. The summed E-state index contributed by atoms with van der Waals surface area (Å²) >= 11 is 0. The Balaban J connectivity index is 2.28. The van der Waals surface area contributed by atoms with Crippen LogP contribution in [0.3, 0.4) is 0 Å². The zero-order chi connectivity index (χ0) is 12.3. The summed E-state index contributed by atoms with van der Waals surface area (Å²) in [4.78, 5) is 0. The Bertz CT molecular complexity index is 587. The fraction of sp³-hybridized carbons (Fsp3) is 0. The molecule has 0 aliphatic heterocycles. The van der Waals surface area contributed by atoms with E-state index in [0.29, 0.717) is 22.6 Å². The minimum atomic E-state index is -0.466. The lowest BCUT2D eigenvalue weighted by atomic mass is 10.2. The summed E-state index contributed by atoms with van der Waals surface area (Å²) in [5, 5.41) is 11.5. The summed E-state index contributed by atoms with van der Waals surface area (Å²) in [6.07, 6.45) is 0. The van der Waals surface area contributed by atoms with E-state index in [9.17, 15) is 4.39 Å². The third-order valence-corrected chi connectivity index (χ3v) is 2.26. The van der Waals surface area contributed by atoms with E-state index >= 15 is 0 Å². The Hall–Kier alpha value is -2.54. The van der Waals surface area contributed by atoms with Crippen molar-refractivity contribution in [2.45, 2.75) is 0 Å². The van der Waals surface area contributed by atoms with E-state index in [-0.39, 0.29) is 0 Å². The van der Waals surface area contributed by atoms with E-state index in [1.54, 1.807) is 30.3 Å².